The lowest BCUT2D eigenvalue weighted by molar-refractivity contribution is -0.0440. The number of nitrogens with one attached hydrogen (secondary N) is 2. The van der Waals surface area contributed by atoms with Gasteiger partial charge in [0.25, 0.3) is 0 Å². The van der Waals surface area contributed by atoms with Crippen molar-refractivity contribution in [3.8, 4) is 0 Å². The molecule has 0 saturated carbocycles. The average Bonchev–Trinajstić information content (AvgIpc) is 3.15. The summed E-state index contributed by atoms with van der Waals surface area (Å²) in [5, 5.41) is 5.42. The molecule has 0 radical (unpaired) electrons. The molecule has 9 nitrogen and oxygen atoms in total. The summed E-state index contributed by atoms with van der Waals surface area (Å²) in [6.45, 7) is 6.27. The molecule has 2 aliphatic rings. The number of carbonyl (C=O) groups excluding carboxylic acids is 1. The first kappa shape index (κ1) is 20.8. The summed E-state index contributed by atoms with van der Waals surface area (Å²) in [4.78, 5) is 18.8. The fraction of sp³-hybridized carbons (Fsp3) is 0.667. The second-order valence-corrected chi connectivity index (χ2v) is 9.43. The van der Waals surface area contributed by atoms with Gasteiger partial charge in [0.15, 0.2) is 5.82 Å². The molecule has 1 aromatic heterocycles. The van der Waals surface area contributed by atoms with Crippen LogP contribution >= 0.6 is 0 Å². The van der Waals surface area contributed by atoms with Gasteiger partial charge in [0.2, 0.25) is 10.0 Å². The third-order valence-corrected chi connectivity index (χ3v) is 6.67. The van der Waals surface area contributed by atoms with Crippen molar-refractivity contribution >= 4 is 27.6 Å². The number of rotatable bonds is 6. The summed E-state index contributed by atoms with van der Waals surface area (Å²) in [6, 6.07) is 3.13. The SMILES string of the molecule is CC1CN(S(=O)(=O)CCNC(=O)Nc2cccnc2N2CCCC2)CC(C)O1. The number of pyridine rings is 1. The van der Waals surface area contributed by atoms with Gasteiger partial charge in [-0.1, -0.05) is 0 Å². The molecular formula is C18H29N5O4S. The highest BCUT2D eigenvalue weighted by Gasteiger charge is 2.30. The summed E-state index contributed by atoms with van der Waals surface area (Å²) in [5.41, 5.74) is 0.626. The molecule has 28 heavy (non-hydrogen) atoms. The van der Waals surface area contributed by atoms with Gasteiger partial charge in [-0.3, -0.25) is 0 Å². The van der Waals surface area contributed by atoms with Crippen LogP contribution in [0.5, 0.6) is 0 Å². The standard InChI is InChI=1S/C18H29N5O4S/c1-14-12-23(13-15(2)27-14)28(25,26)11-8-20-18(24)21-16-6-5-7-19-17(16)22-9-3-4-10-22/h5-7,14-15H,3-4,8-13H2,1-2H3,(H2,20,21,24). The molecule has 2 atom stereocenters. The molecule has 2 fully saturated rings. The average molecular weight is 412 g/mol. The van der Waals surface area contributed by atoms with Crippen molar-refractivity contribution in [2.24, 2.45) is 0 Å². The van der Waals surface area contributed by atoms with E-state index in [0.29, 0.717) is 18.8 Å². The van der Waals surface area contributed by atoms with E-state index >= 15 is 0 Å². The maximum absolute atomic E-state index is 12.5. The normalized spacial score (nSPS) is 23.6. The smallest absolute Gasteiger partial charge is 0.319 e. The highest BCUT2D eigenvalue weighted by atomic mass is 32.2. The highest BCUT2D eigenvalue weighted by Crippen LogP contribution is 2.25. The number of anilines is 2. The van der Waals surface area contributed by atoms with Crippen LogP contribution < -0.4 is 15.5 Å². The number of carbonyl (C=O) groups is 1. The van der Waals surface area contributed by atoms with E-state index in [1.54, 1.807) is 18.3 Å². The van der Waals surface area contributed by atoms with E-state index in [-0.39, 0.29) is 24.5 Å². The molecule has 10 heteroatoms. The lowest BCUT2D eigenvalue weighted by atomic mass is 10.3. The number of aromatic nitrogens is 1. The Kier molecular flexibility index (Phi) is 6.73. The van der Waals surface area contributed by atoms with E-state index < -0.39 is 16.1 Å². The van der Waals surface area contributed by atoms with Crippen molar-refractivity contribution in [1.29, 1.82) is 0 Å². The van der Waals surface area contributed by atoms with Crippen LogP contribution in [0.2, 0.25) is 0 Å². The van der Waals surface area contributed by atoms with Gasteiger partial charge in [-0.15, -0.1) is 0 Å². The maximum atomic E-state index is 12.5. The number of hydrogen-bond acceptors (Lipinski definition) is 6. The maximum Gasteiger partial charge on any atom is 0.319 e. The summed E-state index contributed by atoms with van der Waals surface area (Å²) >= 11 is 0. The zero-order valence-corrected chi connectivity index (χ0v) is 17.2. The van der Waals surface area contributed by atoms with Crippen LogP contribution in [0, 0.1) is 0 Å². The van der Waals surface area contributed by atoms with Crippen LogP contribution in [0.3, 0.4) is 0 Å². The first-order valence-electron chi connectivity index (χ1n) is 9.73. The van der Waals surface area contributed by atoms with Crippen LogP contribution in [0.1, 0.15) is 26.7 Å². The van der Waals surface area contributed by atoms with E-state index in [1.165, 1.54) is 4.31 Å². The van der Waals surface area contributed by atoms with E-state index in [1.807, 2.05) is 13.8 Å². The van der Waals surface area contributed by atoms with Gasteiger partial charge in [-0.2, -0.15) is 4.31 Å². The lowest BCUT2D eigenvalue weighted by Crippen LogP contribution is -2.49. The molecular weight excluding hydrogens is 382 g/mol. The van der Waals surface area contributed by atoms with E-state index in [4.69, 9.17) is 4.74 Å². The van der Waals surface area contributed by atoms with Crippen molar-refractivity contribution in [3.63, 3.8) is 0 Å². The lowest BCUT2D eigenvalue weighted by Gasteiger charge is -2.34. The Balaban J connectivity index is 1.51. The van der Waals surface area contributed by atoms with Gasteiger partial charge in [0.05, 0.1) is 23.6 Å². The molecule has 0 aliphatic carbocycles. The van der Waals surface area contributed by atoms with Crippen LogP contribution in [-0.2, 0) is 14.8 Å². The monoisotopic (exact) mass is 411 g/mol. The zero-order valence-electron chi connectivity index (χ0n) is 16.4. The largest absolute Gasteiger partial charge is 0.373 e. The minimum atomic E-state index is -3.45. The molecule has 2 aliphatic heterocycles. The Labute approximate surface area is 166 Å². The second-order valence-electron chi connectivity index (χ2n) is 7.34. The Bertz CT molecular complexity index is 772. The first-order valence-corrected chi connectivity index (χ1v) is 11.3. The van der Waals surface area contributed by atoms with Crippen molar-refractivity contribution in [3.05, 3.63) is 18.3 Å². The molecule has 0 spiro atoms. The molecule has 0 aromatic carbocycles. The quantitative estimate of drug-likeness (QED) is 0.730. The number of ether oxygens (including phenoxy) is 1. The Morgan fingerprint density at radius 3 is 2.61 bits per heavy atom. The minimum Gasteiger partial charge on any atom is -0.373 e. The minimum absolute atomic E-state index is 0.0353. The van der Waals surface area contributed by atoms with Crippen LogP contribution in [0.4, 0.5) is 16.3 Å². The second kappa shape index (κ2) is 9.06. The number of nitrogens with zero attached hydrogens (tertiary/aromatic N) is 3. The molecule has 3 heterocycles. The summed E-state index contributed by atoms with van der Waals surface area (Å²) in [5.74, 6) is 0.602. The van der Waals surface area contributed by atoms with Gasteiger partial charge in [-0.05, 0) is 38.8 Å². The summed E-state index contributed by atoms with van der Waals surface area (Å²) in [6.07, 6.45) is 3.65. The van der Waals surface area contributed by atoms with Crippen molar-refractivity contribution < 1.29 is 17.9 Å². The van der Waals surface area contributed by atoms with Crippen LogP contribution in [0.15, 0.2) is 18.3 Å². The van der Waals surface area contributed by atoms with Crippen molar-refractivity contribution in [2.45, 2.75) is 38.9 Å². The Morgan fingerprint density at radius 1 is 1.25 bits per heavy atom. The molecule has 0 bridgehead atoms. The van der Waals surface area contributed by atoms with Gasteiger partial charge in [-0.25, -0.2) is 18.2 Å². The Hall–Kier alpha value is -1.91. The molecule has 2 amide bonds. The molecule has 2 saturated heterocycles. The first-order chi connectivity index (χ1) is 13.3. The predicted octanol–water partition coefficient (Wildman–Crippen LogP) is 1.24. The molecule has 156 valence electrons. The summed E-state index contributed by atoms with van der Waals surface area (Å²) in [7, 11) is -3.45. The number of sulfonamides is 1. The number of morpholine rings is 1. The third-order valence-electron chi connectivity index (χ3n) is 4.87. The molecule has 2 unspecified atom stereocenters. The fourth-order valence-electron chi connectivity index (χ4n) is 3.62. The van der Waals surface area contributed by atoms with Crippen LogP contribution in [0.25, 0.3) is 0 Å². The zero-order chi connectivity index (χ0) is 20.1. The predicted molar refractivity (Wildman–Crippen MR) is 108 cm³/mol. The third kappa shape index (κ3) is 5.33. The molecule has 2 N–H and O–H groups in total. The van der Waals surface area contributed by atoms with E-state index in [0.717, 1.165) is 31.7 Å². The fourth-order valence-corrected chi connectivity index (χ4v) is 5.11. The van der Waals surface area contributed by atoms with E-state index in [2.05, 4.69) is 20.5 Å². The number of hydrogen-bond donors (Lipinski definition) is 2. The van der Waals surface area contributed by atoms with Gasteiger partial charge in [0.1, 0.15) is 0 Å². The van der Waals surface area contributed by atoms with E-state index in [9.17, 15) is 13.2 Å². The van der Waals surface area contributed by atoms with Gasteiger partial charge >= 0.3 is 6.03 Å². The van der Waals surface area contributed by atoms with Crippen LogP contribution in [-0.4, -0.2) is 74.4 Å². The molecule has 1 aromatic rings. The Morgan fingerprint density at radius 2 is 1.93 bits per heavy atom. The number of urea groups is 1. The van der Waals surface area contributed by atoms with Crippen molar-refractivity contribution in [2.75, 3.05) is 48.7 Å². The van der Waals surface area contributed by atoms with Gasteiger partial charge in [0, 0.05) is 38.9 Å². The van der Waals surface area contributed by atoms with Crippen molar-refractivity contribution in [1.82, 2.24) is 14.6 Å². The topological polar surface area (TPSA) is 104 Å². The number of amides is 2. The molecule has 3 rings (SSSR count). The summed E-state index contributed by atoms with van der Waals surface area (Å²) < 4.78 is 32.1. The van der Waals surface area contributed by atoms with Gasteiger partial charge < -0.3 is 20.3 Å². The highest BCUT2D eigenvalue weighted by molar-refractivity contribution is 7.89.